The second-order valence-corrected chi connectivity index (χ2v) is 3.58. The molecule has 0 spiro atoms. The van der Waals surface area contributed by atoms with E-state index in [4.69, 9.17) is 5.73 Å². The van der Waals surface area contributed by atoms with Crippen LogP contribution in [-0.2, 0) is 11.3 Å². The van der Waals surface area contributed by atoms with Crippen molar-refractivity contribution in [1.82, 2.24) is 15.3 Å². The molecule has 5 heteroatoms. The summed E-state index contributed by atoms with van der Waals surface area (Å²) < 4.78 is 0. The van der Waals surface area contributed by atoms with Gasteiger partial charge in [0.15, 0.2) is 0 Å². The lowest BCUT2D eigenvalue weighted by Crippen LogP contribution is -2.52. The molecular formula is C10H18N4O. The minimum Gasteiger partial charge on any atom is -0.347 e. The number of nitrogens with one attached hydrogen (secondary N) is 2. The molecule has 1 rings (SSSR count). The topological polar surface area (TPSA) is 83.8 Å². The zero-order chi connectivity index (χ0) is 11.3. The van der Waals surface area contributed by atoms with Crippen molar-refractivity contribution in [3.63, 3.8) is 0 Å². The summed E-state index contributed by atoms with van der Waals surface area (Å²) in [6.07, 6.45) is 4.63. The summed E-state index contributed by atoms with van der Waals surface area (Å²) in [4.78, 5) is 18.7. The Morgan fingerprint density at radius 1 is 1.60 bits per heavy atom. The summed E-state index contributed by atoms with van der Waals surface area (Å²) in [6, 6.07) is 0. The number of imidazole rings is 1. The molecule has 84 valence electrons. The maximum absolute atomic E-state index is 11.7. The Bertz CT molecular complexity index is 303. The van der Waals surface area contributed by atoms with Crippen LogP contribution in [0.4, 0.5) is 0 Å². The molecule has 1 heterocycles. The van der Waals surface area contributed by atoms with Crippen LogP contribution in [-0.4, -0.2) is 21.4 Å². The average Bonchev–Trinajstić information content (AvgIpc) is 2.77. The molecule has 0 radical (unpaired) electrons. The van der Waals surface area contributed by atoms with E-state index in [1.165, 1.54) is 0 Å². The zero-order valence-corrected chi connectivity index (χ0v) is 9.21. The van der Waals surface area contributed by atoms with Gasteiger partial charge in [0.25, 0.3) is 0 Å². The first-order chi connectivity index (χ1) is 7.12. The highest BCUT2D eigenvalue weighted by Crippen LogP contribution is 2.11. The smallest absolute Gasteiger partial charge is 0.240 e. The number of hydrogen-bond donors (Lipinski definition) is 3. The SMILES string of the molecule is CCC(N)(CC)C(=O)NCc1ncc[nH]1. The molecule has 1 aromatic heterocycles. The van der Waals surface area contributed by atoms with Crippen LogP contribution < -0.4 is 11.1 Å². The van der Waals surface area contributed by atoms with E-state index in [0.29, 0.717) is 19.4 Å². The molecular weight excluding hydrogens is 192 g/mol. The number of nitrogens with zero attached hydrogens (tertiary/aromatic N) is 1. The first-order valence-electron chi connectivity index (χ1n) is 5.18. The summed E-state index contributed by atoms with van der Waals surface area (Å²) in [6.45, 7) is 4.22. The zero-order valence-electron chi connectivity index (χ0n) is 9.21. The Morgan fingerprint density at radius 3 is 2.73 bits per heavy atom. The molecule has 0 fully saturated rings. The van der Waals surface area contributed by atoms with Crippen LogP contribution in [0.2, 0.25) is 0 Å². The van der Waals surface area contributed by atoms with Gasteiger partial charge in [-0.3, -0.25) is 4.79 Å². The van der Waals surface area contributed by atoms with Gasteiger partial charge in [0, 0.05) is 12.4 Å². The van der Waals surface area contributed by atoms with Gasteiger partial charge in [-0.05, 0) is 12.8 Å². The predicted octanol–water partition coefficient (Wildman–Crippen LogP) is 0.543. The average molecular weight is 210 g/mol. The summed E-state index contributed by atoms with van der Waals surface area (Å²) in [5, 5.41) is 2.77. The molecule has 0 saturated carbocycles. The Kier molecular flexibility index (Phi) is 3.85. The number of carbonyl (C=O) groups excluding carboxylic acids is 1. The van der Waals surface area contributed by atoms with Gasteiger partial charge in [0.05, 0.1) is 12.1 Å². The molecule has 5 nitrogen and oxygen atoms in total. The molecule has 15 heavy (non-hydrogen) atoms. The monoisotopic (exact) mass is 210 g/mol. The van der Waals surface area contributed by atoms with E-state index in [2.05, 4.69) is 15.3 Å². The van der Waals surface area contributed by atoms with Gasteiger partial charge < -0.3 is 16.0 Å². The fourth-order valence-electron chi connectivity index (χ4n) is 1.31. The van der Waals surface area contributed by atoms with Gasteiger partial charge in [-0.1, -0.05) is 13.8 Å². The Morgan fingerprint density at radius 2 is 2.27 bits per heavy atom. The first kappa shape index (κ1) is 11.7. The Hall–Kier alpha value is -1.36. The summed E-state index contributed by atoms with van der Waals surface area (Å²) in [5.41, 5.74) is 5.18. The number of rotatable bonds is 5. The summed E-state index contributed by atoms with van der Waals surface area (Å²) in [7, 11) is 0. The van der Waals surface area contributed by atoms with Crippen LogP contribution in [0.15, 0.2) is 12.4 Å². The van der Waals surface area contributed by atoms with Crippen molar-refractivity contribution in [3.05, 3.63) is 18.2 Å². The highest BCUT2D eigenvalue weighted by Gasteiger charge is 2.29. The quantitative estimate of drug-likeness (QED) is 0.663. The molecule has 0 aliphatic rings. The van der Waals surface area contributed by atoms with Gasteiger partial charge in [-0.25, -0.2) is 4.98 Å². The molecule has 0 aliphatic carbocycles. The van der Waals surface area contributed by atoms with Crippen molar-refractivity contribution in [2.75, 3.05) is 0 Å². The third-order valence-electron chi connectivity index (χ3n) is 2.69. The van der Waals surface area contributed by atoms with Crippen molar-refractivity contribution >= 4 is 5.91 Å². The van der Waals surface area contributed by atoms with Crippen molar-refractivity contribution in [2.45, 2.75) is 38.8 Å². The minimum atomic E-state index is -0.757. The minimum absolute atomic E-state index is 0.121. The van der Waals surface area contributed by atoms with E-state index in [9.17, 15) is 4.79 Å². The number of nitrogens with two attached hydrogens (primary N) is 1. The lowest BCUT2D eigenvalue weighted by molar-refractivity contribution is -0.126. The number of aromatic amines is 1. The van der Waals surface area contributed by atoms with E-state index in [-0.39, 0.29) is 5.91 Å². The second-order valence-electron chi connectivity index (χ2n) is 3.58. The third kappa shape index (κ3) is 2.79. The number of aromatic nitrogens is 2. The first-order valence-corrected chi connectivity index (χ1v) is 5.18. The van der Waals surface area contributed by atoms with Crippen molar-refractivity contribution in [3.8, 4) is 0 Å². The number of carbonyl (C=O) groups is 1. The van der Waals surface area contributed by atoms with Crippen LogP contribution in [0.25, 0.3) is 0 Å². The lowest BCUT2D eigenvalue weighted by atomic mass is 9.93. The molecule has 0 saturated heterocycles. The largest absolute Gasteiger partial charge is 0.347 e. The fraction of sp³-hybridized carbons (Fsp3) is 0.600. The second kappa shape index (κ2) is 4.93. The number of amides is 1. The normalized spacial score (nSPS) is 11.4. The molecule has 1 aromatic rings. The summed E-state index contributed by atoms with van der Waals surface area (Å²) >= 11 is 0. The highest BCUT2D eigenvalue weighted by atomic mass is 16.2. The van der Waals surface area contributed by atoms with Crippen LogP contribution in [0.1, 0.15) is 32.5 Å². The molecule has 0 aliphatic heterocycles. The molecule has 0 atom stereocenters. The highest BCUT2D eigenvalue weighted by molar-refractivity contribution is 5.85. The molecule has 4 N–H and O–H groups in total. The number of H-pyrrole nitrogens is 1. The van der Waals surface area contributed by atoms with E-state index in [1.807, 2.05) is 13.8 Å². The van der Waals surface area contributed by atoms with Gasteiger partial charge in [0.1, 0.15) is 5.82 Å². The van der Waals surface area contributed by atoms with Gasteiger partial charge >= 0.3 is 0 Å². The van der Waals surface area contributed by atoms with Crippen LogP contribution in [0, 0.1) is 0 Å². The molecule has 1 amide bonds. The molecule has 0 bridgehead atoms. The lowest BCUT2D eigenvalue weighted by Gasteiger charge is -2.24. The Labute approximate surface area is 89.5 Å². The van der Waals surface area contributed by atoms with E-state index < -0.39 is 5.54 Å². The maximum atomic E-state index is 11.7. The van der Waals surface area contributed by atoms with Crippen LogP contribution in [0.3, 0.4) is 0 Å². The van der Waals surface area contributed by atoms with E-state index in [0.717, 1.165) is 5.82 Å². The van der Waals surface area contributed by atoms with Crippen LogP contribution >= 0.6 is 0 Å². The molecule has 0 aromatic carbocycles. The fourth-order valence-corrected chi connectivity index (χ4v) is 1.31. The molecule has 0 unspecified atom stereocenters. The Balaban J connectivity index is 2.48. The maximum Gasteiger partial charge on any atom is 0.240 e. The van der Waals surface area contributed by atoms with Crippen molar-refractivity contribution in [1.29, 1.82) is 0 Å². The standard InChI is InChI=1S/C10H18N4O/c1-3-10(11,4-2)9(15)14-7-8-12-5-6-13-8/h5-6H,3-4,7,11H2,1-2H3,(H,12,13)(H,14,15). The predicted molar refractivity (Wildman–Crippen MR) is 57.9 cm³/mol. The van der Waals surface area contributed by atoms with Gasteiger partial charge in [0.2, 0.25) is 5.91 Å². The third-order valence-corrected chi connectivity index (χ3v) is 2.69. The van der Waals surface area contributed by atoms with E-state index >= 15 is 0 Å². The van der Waals surface area contributed by atoms with Crippen LogP contribution in [0.5, 0.6) is 0 Å². The van der Waals surface area contributed by atoms with E-state index in [1.54, 1.807) is 12.4 Å². The van der Waals surface area contributed by atoms with Gasteiger partial charge in [-0.15, -0.1) is 0 Å². The van der Waals surface area contributed by atoms with Crippen molar-refractivity contribution in [2.24, 2.45) is 5.73 Å². The summed E-state index contributed by atoms with van der Waals surface area (Å²) in [5.74, 6) is 0.613. The van der Waals surface area contributed by atoms with Gasteiger partial charge in [-0.2, -0.15) is 0 Å². The number of hydrogen-bond acceptors (Lipinski definition) is 3. The van der Waals surface area contributed by atoms with Crippen molar-refractivity contribution < 1.29 is 4.79 Å².